The summed E-state index contributed by atoms with van der Waals surface area (Å²) in [6.07, 6.45) is 0.111. The predicted octanol–water partition coefficient (Wildman–Crippen LogP) is 1.42. The molecule has 8 heteroatoms. The van der Waals surface area contributed by atoms with Crippen molar-refractivity contribution in [3.63, 3.8) is 0 Å². The van der Waals surface area contributed by atoms with E-state index in [1.54, 1.807) is 0 Å². The molecule has 0 aromatic carbocycles. The topological polar surface area (TPSA) is 88.9 Å². The number of carbonyl (C=O) groups excluding carboxylic acids is 1. The summed E-state index contributed by atoms with van der Waals surface area (Å²) in [6.45, 7) is 9.61. The van der Waals surface area contributed by atoms with Gasteiger partial charge in [0.1, 0.15) is 6.10 Å². The number of aromatic amines is 1. The minimum atomic E-state index is -0.256. The van der Waals surface area contributed by atoms with Gasteiger partial charge in [0.25, 0.3) is 0 Å². The van der Waals surface area contributed by atoms with Gasteiger partial charge in [0.15, 0.2) is 11.6 Å². The monoisotopic (exact) mass is 346 g/mol. The summed E-state index contributed by atoms with van der Waals surface area (Å²) < 4.78 is 7.62. The Morgan fingerprint density at radius 1 is 1.40 bits per heavy atom. The molecule has 0 bridgehead atoms. The van der Waals surface area contributed by atoms with Crippen molar-refractivity contribution >= 4 is 5.91 Å². The molecule has 3 rings (SSSR count). The lowest BCUT2D eigenvalue weighted by Crippen LogP contribution is -2.43. The van der Waals surface area contributed by atoms with Crippen LogP contribution in [0.25, 0.3) is 0 Å². The Hall–Kier alpha value is -2.22. The van der Waals surface area contributed by atoms with E-state index < -0.39 is 0 Å². The first-order valence-electron chi connectivity index (χ1n) is 8.67. The van der Waals surface area contributed by atoms with Crippen molar-refractivity contribution in [2.45, 2.75) is 46.1 Å². The standard InChI is InChI=1S/C17H26N6O2/c1-10(2)16-18-17(20-19-16)14-9-23(6-7-25-14)15(24)8-13-11(3)21-22(5)12(13)4/h10,14H,6-9H2,1-5H3,(H,18,19,20)/t14-/m0/s1. The fourth-order valence-electron chi connectivity index (χ4n) is 3.07. The smallest absolute Gasteiger partial charge is 0.227 e. The second-order valence-corrected chi connectivity index (χ2v) is 6.88. The van der Waals surface area contributed by atoms with Crippen LogP contribution in [0.3, 0.4) is 0 Å². The van der Waals surface area contributed by atoms with Gasteiger partial charge in [-0.15, -0.1) is 0 Å². The number of nitrogens with zero attached hydrogens (tertiary/aromatic N) is 5. The molecule has 0 saturated carbocycles. The van der Waals surface area contributed by atoms with E-state index in [1.165, 1.54) is 0 Å². The lowest BCUT2D eigenvalue weighted by Gasteiger charge is -2.32. The summed E-state index contributed by atoms with van der Waals surface area (Å²) in [5.41, 5.74) is 2.96. The molecule has 1 atom stereocenters. The van der Waals surface area contributed by atoms with Gasteiger partial charge in [-0.25, -0.2) is 4.98 Å². The van der Waals surface area contributed by atoms with E-state index in [1.807, 2.05) is 44.3 Å². The second-order valence-electron chi connectivity index (χ2n) is 6.88. The van der Waals surface area contributed by atoms with Gasteiger partial charge in [-0.05, 0) is 13.8 Å². The normalized spacial score (nSPS) is 18.2. The van der Waals surface area contributed by atoms with Crippen LogP contribution in [0.2, 0.25) is 0 Å². The zero-order valence-electron chi connectivity index (χ0n) is 15.5. The molecule has 136 valence electrons. The highest BCUT2D eigenvalue weighted by Gasteiger charge is 2.28. The molecule has 8 nitrogen and oxygen atoms in total. The molecule has 1 aliphatic heterocycles. The number of nitrogens with one attached hydrogen (secondary N) is 1. The number of amides is 1. The van der Waals surface area contributed by atoms with Crippen LogP contribution >= 0.6 is 0 Å². The van der Waals surface area contributed by atoms with Crippen LogP contribution in [-0.4, -0.2) is 55.5 Å². The average Bonchev–Trinajstić information content (AvgIpc) is 3.16. The number of aromatic nitrogens is 5. The summed E-state index contributed by atoms with van der Waals surface area (Å²) in [7, 11) is 1.90. The van der Waals surface area contributed by atoms with Crippen molar-refractivity contribution < 1.29 is 9.53 Å². The number of morpholine rings is 1. The molecule has 25 heavy (non-hydrogen) atoms. The number of hydrogen-bond donors (Lipinski definition) is 1. The van der Waals surface area contributed by atoms with Crippen LogP contribution in [0.1, 0.15) is 54.5 Å². The summed E-state index contributed by atoms with van der Waals surface area (Å²) in [5, 5.41) is 11.6. The molecular formula is C17H26N6O2. The van der Waals surface area contributed by atoms with Crippen LogP contribution in [-0.2, 0) is 23.0 Å². The molecule has 1 amide bonds. The van der Waals surface area contributed by atoms with Gasteiger partial charge >= 0.3 is 0 Å². The Balaban J connectivity index is 1.69. The summed E-state index contributed by atoms with van der Waals surface area (Å²) in [5.74, 6) is 1.80. The minimum absolute atomic E-state index is 0.0936. The van der Waals surface area contributed by atoms with E-state index in [0.29, 0.717) is 31.9 Å². The maximum Gasteiger partial charge on any atom is 0.227 e. The third kappa shape index (κ3) is 3.58. The Morgan fingerprint density at radius 3 is 2.76 bits per heavy atom. The maximum absolute atomic E-state index is 12.8. The molecule has 0 aliphatic carbocycles. The summed E-state index contributed by atoms with van der Waals surface area (Å²) in [4.78, 5) is 19.1. The Kier molecular flexibility index (Phi) is 4.89. The fourth-order valence-corrected chi connectivity index (χ4v) is 3.07. The Labute approximate surface area is 147 Å². The largest absolute Gasteiger partial charge is 0.367 e. The molecule has 3 heterocycles. The molecular weight excluding hydrogens is 320 g/mol. The van der Waals surface area contributed by atoms with Gasteiger partial charge in [-0.1, -0.05) is 13.8 Å². The lowest BCUT2D eigenvalue weighted by atomic mass is 10.1. The molecule has 2 aromatic heterocycles. The SMILES string of the molecule is Cc1nn(C)c(C)c1CC(=O)N1CCO[C@H](c2nc(C(C)C)n[nH]2)C1. The second kappa shape index (κ2) is 6.95. The lowest BCUT2D eigenvalue weighted by molar-refractivity contribution is -0.138. The number of aryl methyl sites for hydroxylation is 2. The predicted molar refractivity (Wildman–Crippen MR) is 92.1 cm³/mol. The van der Waals surface area contributed by atoms with Crippen molar-refractivity contribution in [3.8, 4) is 0 Å². The molecule has 1 fully saturated rings. The molecule has 1 aliphatic rings. The quantitative estimate of drug-likeness (QED) is 0.904. The Morgan fingerprint density at radius 2 is 2.16 bits per heavy atom. The first kappa shape index (κ1) is 17.6. The molecule has 0 radical (unpaired) electrons. The van der Waals surface area contributed by atoms with Gasteiger partial charge in [-0.3, -0.25) is 14.6 Å². The zero-order valence-corrected chi connectivity index (χ0v) is 15.5. The van der Waals surface area contributed by atoms with E-state index in [9.17, 15) is 4.79 Å². The van der Waals surface area contributed by atoms with Crippen LogP contribution < -0.4 is 0 Å². The van der Waals surface area contributed by atoms with E-state index in [2.05, 4.69) is 20.3 Å². The summed E-state index contributed by atoms with van der Waals surface area (Å²) in [6, 6.07) is 0. The zero-order chi connectivity index (χ0) is 18.1. The summed E-state index contributed by atoms with van der Waals surface area (Å²) >= 11 is 0. The third-order valence-electron chi connectivity index (χ3n) is 4.75. The molecule has 0 unspecified atom stereocenters. The highest BCUT2D eigenvalue weighted by molar-refractivity contribution is 5.79. The van der Waals surface area contributed by atoms with Crippen LogP contribution in [0.5, 0.6) is 0 Å². The van der Waals surface area contributed by atoms with Crippen LogP contribution in [0.15, 0.2) is 0 Å². The molecule has 1 N–H and O–H groups in total. The van der Waals surface area contributed by atoms with Crippen molar-refractivity contribution in [2.24, 2.45) is 7.05 Å². The van der Waals surface area contributed by atoms with Gasteiger partial charge in [-0.2, -0.15) is 10.2 Å². The number of rotatable bonds is 4. The fraction of sp³-hybridized carbons (Fsp3) is 0.647. The van der Waals surface area contributed by atoms with E-state index in [4.69, 9.17) is 4.74 Å². The van der Waals surface area contributed by atoms with E-state index in [0.717, 1.165) is 22.8 Å². The van der Waals surface area contributed by atoms with Gasteiger partial charge in [0, 0.05) is 30.8 Å². The number of H-pyrrole nitrogens is 1. The number of ether oxygens (including phenoxy) is 1. The Bertz CT molecular complexity index is 763. The van der Waals surface area contributed by atoms with Crippen molar-refractivity contribution in [1.29, 1.82) is 0 Å². The maximum atomic E-state index is 12.8. The van der Waals surface area contributed by atoms with Crippen molar-refractivity contribution in [1.82, 2.24) is 29.9 Å². The highest BCUT2D eigenvalue weighted by Crippen LogP contribution is 2.22. The molecule has 1 saturated heterocycles. The third-order valence-corrected chi connectivity index (χ3v) is 4.75. The highest BCUT2D eigenvalue weighted by atomic mass is 16.5. The van der Waals surface area contributed by atoms with Crippen molar-refractivity contribution in [3.05, 3.63) is 28.6 Å². The number of hydrogen-bond acceptors (Lipinski definition) is 5. The van der Waals surface area contributed by atoms with Gasteiger partial charge in [0.2, 0.25) is 5.91 Å². The number of carbonyl (C=O) groups is 1. The van der Waals surface area contributed by atoms with E-state index in [-0.39, 0.29) is 17.9 Å². The first-order valence-corrected chi connectivity index (χ1v) is 8.67. The van der Waals surface area contributed by atoms with E-state index >= 15 is 0 Å². The van der Waals surface area contributed by atoms with Gasteiger partial charge in [0.05, 0.1) is 25.3 Å². The average molecular weight is 346 g/mol. The minimum Gasteiger partial charge on any atom is -0.367 e. The van der Waals surface area contributed by atoms with Crippen LogP contribution in [0, 0.1) is 13.8 Å². The van der Waals surface area contributed by atoms with Crippen molar-refractivity contribution in [2.75, 3.05) is 19.7 Å². The van der Waals surface area contributed by atoms with Gasteiger partial charge < -0.3 is 9.64 Å². The molecule has 0 spiro atoms. The first-order chi connectivity index (χ1) is 11.9. The van der Waals surface area contributed by atoms with Crippen LogP contribution in [0.4, 0.5) is 0 Å². The molecule has 2 aromatic rings.